The number of rotatable bonds is 15. The van der Waals surface area contributed by atoms with Gasteiger partial charge in [-0.05, 0) is 123 Å². The van der Waals surface area contributed by atoms with Crippen molar-refractivity contribution in [3.8, 4) is 11.1 Å². The van der Waals surface area contributed by atoms with Crippen molar-refractivity contribution in [2.24, 2.45) is 0 Å². The summed E-state index contributed by atoms with van der Waals surface area (Å²) in [5.74, 6) is 0. The van der Waals surface area contributed by atoms with Crippen LogP contribution in [-0.2, 0) is 24.2 Å². The lowest BCUT2D eigenvalue weighted by molar-refractivity contribution is 0.00578. The lowest BCUT2D eigenvalue weighted by atomic mass is 9.68. The Balaban J connectivity index is 1.47. The molecule has 2 N–H and O–H groups in total. The summed E-state index contributed by atoms with van der Waals surface area (Å²) in [4.78, 5) is 24.2. The summed E-state index contributed by atoms with van der Waals surface area (Å²) in [7, 11) is -0.415. The van der Waals surface area contributed by atoms with Crippen molar-refractivity contribution in [1.82, 2.24) is 10.6 Å². The molecule has 0 atom stereocenters. The van der Waals surface area contributed by atoms with Crippen molar-refractivity contribution >= 4 is 24.8 Å². The quantitative estimate of drug-likeness (QED) is 0.143. The van der Waals surface area contributed by atoms with Crippen molar-refractivity contribution < 1.29 is 28.4 Å². The average molecular weight is 691 g/mol. The number of nitrogens with one attached hydrogen (secondary N) is 2. The first-order chi connectivity index (χ1) is 23.3. The smallest absolute Gasteiger partial charge is 0.444 e. The minimum Gasteiger partial charge on any atom is -0.444 e. The molecule has 1 fully saturated rings. The van der Waals surface area contributed by atoms with E-state index in [4.69, 9.17) is 18.8 Å². The molecule has 1 aliphatic heterocycles. The molecule has 0 radical (unpaired) electrons. The zero-order valence-corrected chi connectivity index (χ0v) is 32.6. The molecular formula is C41H63BN2O6. The average Bonchev–Trinajstić information content (AvgIpc) is 3.39. The summed E-state index contributed by atoms with van der Waals surface area (Å²) < 4.78 is 23.8. The molecule has 0 spiro atoms. The maximum atomic E-state index is 12.1. The Hall–Kier alpha value is -3.04. The second kappa shape index (κ2) is 16.1. The predicted octanol–water partition coefficient (Wildman–Crippen LogP) is 9.20. The highest BCUT2D eigenvalue weighted by molar-refractivity contribution is 6.62. The van der Waals surface area contributed by atoms with Gasteiger partial charge in [-0.25, -0.2) is 9.59 Å². The lowest BCUT2D eigenvalue weighted by Gasteiger charge is -2.33. The molecule has 2 aromatic carbocycles. The Kier molecular flexibility index (Phi) is 12.8. The van der Waals surface area contributed by atoms with E-state index in [9.17, 15) is 9.59 Å². The Labute approximate surface area is 302 Å². The van der Waals surface area contributed by atoms with Crippen molar-refractivity contribution in [2.75, 3.05) is 13.1 Å². The third-order valence-corrected chi connectivity index (χ3v) is 10.2. The molecule has 50 heavy (non-hydrogen) atoms. The van der Waals surface area contributed by atoms with E-state index >= 15 is 0 Å². The molecule has 0 aromatic heterocycles. The van der Waals surface area contributed by atoms with Gasteiger partial charge in [-0.1, -0.05) is 81.0 Å². The lowest BCUT2D eigenvalue weighted by Crippen LogP contribution is -2.41. The molecule has 0 saturated carbocycles. The highest BCUT2D eigenvalue weighted by Crippen LogP contribution is 2.54. The van der Waals surface area contributed by atoms with Gasteiger partial charge < -0.3 is 29.4 Å². The maximum Gasteiger partial charge on any atom is 0.494 e. The second-order valence-corrected chi connectivity index (χ2v) is 17.2. The predicted molar refractivity (Wildman–Crippen MR) is 203 cm³/mol. The van der Waals surface area contributed by atoms with E-state index in [1.165, 1.54) is 22.3 Å². The van der Waals surface area contributed by atoms with Crippen molar-refractivity contribution in [3.05, 3.63) is 53.6 Å². The van der Waals surface area contributed by atoms with Gasteiger partial charge in [0.2, 0.25) is 0 Å². The van der Waals surface area contributed by atoms with Crippen LogP contribution < -0.4 is 16.1 Å². The van der Waals surface area contributed by atoms with E-state index in [1.807, 2.05) is 41.5 Å². The second-order valence-electron chi connectivity index (χ2n) is 17.2. The number of unbranched alkanes of at least 4 members (excludes halogenated alkanes) is 6. The molecule has 2 aliphatic rings. The highest BCUT2D eigenvalue weighted by Gasteiger charge is 2.52. The van der Waals surface area contributed by atoms with Crippen LogP contribution in [-0.4, -0.2) is 54.8 Å². The third kappa shape index (κ3) is 10.3. The van der Waals surface area contributed by atoms with Crippen LogP contribution in [0, 0.1) is 0 Å². The summed E-state index contributed by atoms with van der Waals surface area (Å²) >= 11 is 0. The third-order valence-electron chi connectivity index (χ3n) is 10.2. The number of carbonyl (C=O) groups excluding carboxylic acids is 2. The van der Waals surface area contributed by atoms with E-state index in [-0.39, 0.29) is 17.6 Å². The standard InChI is InChI=1S/C41H63BN2O6/c1-37(2,3)47-35(45)43-27-19-13-11-17-25-41(26-18-12-14-20-28-44-36(46)48-38(4,5)6)33-22-16-15-21-31(33)32-24-23-30(29-34(32)41)42-49-39(7,8)40(9,10)50-42/h15-16,21-24,29H,11-14,17-20,25-28H2,1-10H3,(H,43,45)(H,44,46). The van der Waals surface area contributed by atoms with E-state index in [0.29, 0.717) is 13.1 Å². The summed E-state index contributed by atoms with van der Waals surface area (Å²) in [6.45, 7) is 20.9. The highest BCUT2D eigenvalue weighted by atomic mass is 16.7. The van der Waals surface area contributed by atoms with E-state index in [2.05, 4.69) is 80.8 Å². The molecule has 2 amide bonds. The maximum absolute atomic E-state index is 12.1. The Morgan fingerprint density at radius 2 is 1.10 bits per heavy atom. The molecule has 2 aromatic rings. The van der Waals surface area contributed by atoms with E-state index in [0.717, 1.165) is 69.7 Å². The number of carbonyl (C=O) groups is 2. The van der Waals surface area contributed by atoms with Gasteiger partial charge in [-0.15, -0.1) is 0 Å². The largest absolute Gasteiger partial charge is 0.494 e. The zero-order chi connectivity index (χ0) is 36.8. The van der Waals surface area contributed by atoms with E-state index in [1.54, 1.807) is 0 Å². The fraction of sp³-hybridized carbons (Fsp3) is 0.659. The van der Waals surface area contributed by atoms with Gasteiger partial charge in [0.1, 0.15) is 11.2 Å². The number of amides is 2. The summed E-state index contributed by atoms with van der Waals surface area (Å²) in [6, 6.07) is 15.8. The summed E-state index contributed by atoms with van der Waals surface area (Å²) in [5.41, 5.74) is 4.58. The monoisotopic (exact) mass is 690 g/mol. The van der Waals surface area contributed by atoms with Crippen LogP contribution in [0.25, 0.3) is 11.1 Å². The van der Waals surface area contributed by atoms with Gasteiger partial charge in [0.05, 0.1) is 11.2 Å². The summed E-state index contributed by atoms with van der Waals surface area (Å²) in [6.07, 6.45) is 9.64. The molecular weight excluding hydrogens is 627 g/mol. The van der Waals surface area contributed by atoms with Gasteiger partial charge in [0.25, 0.3) is 0 Å². The van der Waals surface area contributed by atoms with Crippen LogP contribution >= 0.6 is 0 Å². The molecule has 1 heterocycles. The molecule has 4 rings (SSSR count). The van der Waals surface area contributed by atoms with Gasteiger partial charge in [0, 0.05) is 18.5 Å². The topological polar surface area (TPSA) is 95.1 Å². The Bertz CT molecular complexity index is 1400. The van der Waals surface area contributed by atoms with Crippen molar-refractivity contribution in [2.45, 2.75) is 161 Å². The van der Waals surface area contributed by atoms with Crippen molar-refractivity contribution in [3.63, 3.8) is 0 Å². The molecule has 1 aliphatic carbocycles. The number of hydrogen-bond donors (Lipinski definition) is 2. The molecule has 276 valence electrons. The normalized spacial score (nSPS) is 17.2. The molecule has 0 unspecified atom stereocenters. The van der Waals surface area contributed by atoms with Crippen LogP contribution in [0.15, 0.2) is 42.5 Å². The van der Waals surface area contributed by atoms with Gasteiger partial charge in [-0.3, -0.25) is 0 Å². The van der Waals surface area contributed by atoms with Gasteiger partial charge >= 0.3 is 19.3 Å². The number of hydrogen-bond acceptors (Lipinski definition) is 6. The first-order valence-electron chi connectivity index (χ1n) is 18.9. The first kappa shape index (κ1) is 39.7. The Morgan fingerprint density at radius 1 is 0.640 bits per heavy atom. The Morgan fingerprint density at radius 3 is 1.60 bits per heavy atom. The molecule has 0 bridgehead atoms. The van der Waals surface area contributed by atoms with E-state index < -0.39 is 29.5 Å². The van der Waals surface area contributed by atoms with Crippen LogP contribution in [0.3, 0.4) is 0 Å². The fourth-order valence-corrected chi connectivity index (χ4v) is 7.08. The van der Waals surface area contributed by atoms with Crippen molar-refractivity contribution in [1.29, 1.82) is 0 Å². The zero-order valence-electron chi connectivity index (χ0n) is 32.6. The number of benzene rings is 2. The van der Waals surface area contributed by atoms with Crippen LogP contribution in [0.1, 0.15) is 145 Å². The van der Waals surface area contributed by atoms with Crippen LogP contribution in [0.5, 0.6) is 0 Å². The van der Waals surface area contributed by atoms with Crippen LogP contribution in [0.4, 0.5) is 9.59 Å². The number of ether oxygens (including phenoxy) is 2. The van der Waals surface area contributed by atoms with Gasteiger partial charge in [-0.2, -0.15) is 0 Å². The fourth-order valence-electron chi connectivity index (χ4n) is 7.08. The van der Waals surface area contributed by atoms with Gasteiger partial charge in [0.15, 0.2) is 0 Å². The minimum atomic E-state index is -0.495. The summed E-state index contributed by atoms with van der Waals surface area (Å²) in [5, 5.41) is 5.80. The SMILES string of the molecule is CC(C)(C)OC(=O)NCCCCCCC1(CCCCCCNC(=O)OC(C)(C)C)c2ccccc2-c2ccc(B3OC(C)(C)C(C)(C)O3)cc21. The molecule has 1 saturated heterocycles. The number of fused-ring (bicyclic) bond motifs is 3. The number of alkyl carbamates (subject to hydrolysis) is 2. The molecule has 8 nitrogen and oxygen atoms in total. The molecule has 9 heteroatoms. The first-order valence-corrected chi connectivity index (χ1v) is 18.9. The van der Waals surface area contributed by atoms with Crippen LogP contribution in [0.2, 0.25) is 0 Å². The minimum absolute atomic E-state index is 0.116.